The minimum Gasteiger partial charge on any atom is -0.496 e. The van der Waals surface area contributed by atoms with E-state index in [4.69, 9.17) is 9.47 Å². The van der Waals surface area contributed by atoms with Crippen LogP contribution >= 0.6 is 0 Å². The van der Waals surface area contributed by atoms with E-state index in [1.807, 2.05) is 33.8 Å². The summed E-state index contributed by atoms with van der Waals surface area (Å²) in [5.41, 5.74) is 0.175. The smallest absolute Gasteiger partial charge is 0.343 e. The molecule has 2 aromatic rings. The fraction of sp³-hybridized carbons (Fsp3) is 0.455. The highest BCUT2D eigenvalue weighted by atomic mass is 16.6. The highest BCUT2D eigenvalue weighted by Gasteiger charge is 2.30. The highest BCUT2D eigenvalue weighted by molar-refractivity contribution is 6.12. The number of carbonyl (C=O) groups excluding carboxylic acids is 2. The molecule has 0 radical (unpaired) electrons. The molecule has 2 N–H and O–H groups in total. The second kappa shape index (κ2) is 9.24. The SMILES string of the molecule is COc1cccc2ccc(OC(=O)C(O)C(C)O)c(C(=O)N(C(C)C)C(C)C)c12. The summed E-state index contributed by atoms with van der Waals surface area (Å²) < 4.78 is 10.8. The van der Waals surface area contributed by atoms with Gasteiger partial charge >= 0.3 is 5.97 Å². The molecule has 0 fully saturated rings. The van der Waals surface area contributed by atoms with Gasteiger partial charge in [-0.25, -0.2) is 4.79 Å². The van der Waals surface area contributed by atoms with Gasteiger partial charge in [0.15, 0.2) is 6.10 Å². The summed E-state index contributed by atoms with van der Waals surface area (Å²) in [7, 11) is 1.50. The molecule has 2 rings (SSSR count). The highest BCUT2D eigenvalue weighted by Crippen LogP contribution is 2.36. The summed E-state index contributed by atoms with van der Waals surface area (Å²) in [6.07, 6.45) is -3.03. The van der Waals surface area contributed by atoms with Crippen LogP contribution in [0.1, 0.15) is 45.0 Å². The van der Waals surface area contributed by atoms with Crippen LogP contribution in [0.3, 0.4) is 0 Å². The number of hydrogen-bond donors (Lipinski definition) is 2. The number of ether oxygens (including phenoxy) is 2. The summed E-state index contributed by atoms with van der Waals surface area (Å²) in [5, 5.41) is 20.6. The van der Waals surface area contributed by atoms with Crippen LogP contribution in [-0.2, 0) is 4.79 Å². The predicted molar refractivity (Wildman–Crippen MR) is 110 cm³/mol. The normalized spacial score (nSPS) is 13.4. The molecule has 2 aromatic carbocycles. The largest absolute Gasteiger partial charge is 0.496 e. The molecule has 0 aliphatic rings. The van der Waals surface area contributed by atoms with E-state index in [1.54, 1.807) is 23.1 Å². The van der Waals surface area contributed by atoms with Crippen LogP contribution in [0.5, 0.6) is 11.5 Å². The van der Waals surface area contributed by atoms with E-state index < -0.39 is 18.2 Å². The summed E-state index contributed by atoms with van der Waals surface area (Å²) >= 11 is 0. The topological polar surface area (TPSA) is 96.3 Å². The van der Waals surface area contributed by atoms with Crippen molar-refractivity contribution >= 4 is 22.6 Å². The molecule has 29 heavy (non-hydrogen) atoms. The number of aliphatic hydroxyl groups is 2. The van der Waals surface area contributed by atoms with E-state index in [-0.39, 0.29) is 29.3 Å². The van der Waals surface area contributed by atoms with Crippen molar-refractivity contribution in [1.29, 1.82) is 0 Å². The molecule has 0 heterocycles. The number of benzene rings is 2. The van der Waals surface area contributed by atoms with E-state index in [2.05, 4.69) is 0 Å². The first-order valence-corrected chi connectivity index (χ1v) is 9.60. The number of carbonyl (C=O) groups is 2. The van der Waals surface area contributed by atoms with E-state index in [9.17, 15) is 19.8 Å². The number of rotatable bonds is 7. The van der Waals surface area contributed by atoms with Crippen molar-refractivity contribution in [3.63, 3.8) is 0 Å². The molecule has 0 saturated heterocycles. The van der Waals surface area contributed by atoms with Gasteiger partial charge in [-0.1, -0.05) is 18.2 Å². The molecular formula is C22H29NO6. The van der Waals surface area contributed by atoms with E-state index in [1.165, 1.54) is 20.1 Å². The molecule has 2 unspecified atom stereocenters. The number of hydrogen-bond acceptors (Lipinski definition) is 6. The first kappa shape index (κ1) is 22.6. The van der Waals surface area contributed by atoms with E-state index in [0.717, 1.165) is 5.39 Å². The maximum absolute atomic E-state index is 13.6. The summed E-state index contributed by atoms with van der Waals surface area (Å²) in [6, 6.07) is 8.39. The van der Waals surface area contributed by atoms with Crippen molar-refractivity contribution in [3.05, 3.63) is 35.9 Å². The minimum atomic E-state index is -1.72. The lowest BCUT2D eigenvalue weighted by Gasteiger charge is -2.32. The third-order valence-electron chi connectivity index (χ3n) is 4.66. The molecule has 158 valence electrons. The molecule has 0 bridgehead atoms. The van der Waals surface area contributed by atoms with E-state index in [0.29, 0.717) is 11.1 Å². The fourth-order valence-corrected chi connectivity index (χ4v) is 3.35. The van der Waals surface area contributed by atoms with Gasteiger partial charge in [-0.2, -0.15) is 0 Å². The third kappa shape index (κ3) is 4.68. The van der Waals surface area contributed by atoms with Gasteiger partial charge in [-0.3, -0.25) is 4.79 Å². The Morgan fingerprint density at radius 2 is 1.55 bits per heavy atom. The first-order chi connectivity index (χ1) is 13.6. The van der Waals surface area contributed by atoms with Crippen molar-refractivity contribution in [2.45, 2.75) is 58.9 Å². The number of methoxy groups -OCH3 is 1. The first-order valence-electron chi connectivity index (χ1n) is 9.60. The lowest BCUT2D eigenvalue weighted by Crippen LogP contribution is -2.42. The quantitative estimate of drug-likeness (QED) is 0.545. The van der Waals surface area contributed by atoms with Gasteiger partial charge in [-0.05, 0) is 52.1 Å². The Hall–Kier alpha value is -2.64. The Morgan fingerprint density at radius 3 is 2.07 bits per heavy atom. The zero-order chi connectivity index (χ0) is 21.9. The van der Waals surface area contributed by atoms with Crippen molar-refractivity contribution in [2.24, 2.45) is 0 Å². The van der Waals surface area contributed by atoms with Gasteiger partial charge in [0.2, 0.25) is 0 Å². The number of fused-ring (bicyclic) bond motifs is 1. The van der Waals surface area contributed by atoms with Crippen LogP contribution in [0, 0.1) is 0 Å². The zero-order valence-corrected chi connectivity index (χ0v) is 17.7. The molecule has 2 atom stereocenters. The summed E-state index contributed by atoms with van der Waals surface area (Å²) in [4.78, 5) is 27.5. The monoisotopic (exact) mass is 403 g/mol. The van der Waals surface area contributed by atoms with Crippen LogP contribution in [-0.4, -0.2) is 58.4 Å². The molecule has 0 saturated carbocycles. The van der Waals surface area contributed by atoms with Crippen LogP contribution in [0.15, 0.2) is 30.3 Å². The predicted octanol–water partition coefficient (Wildman–Crippen LogP) is 2.75. The Morgan fingerprint density at radius 1 is 0.931 bits per heavy atom. The number of amides is 1. The van der Waals surface area contributed by atoms with Crippen molar-refractivity contribution in [2.75, 3.05) is 7.11 Å². The molecule has 7 nitrogen and oxygen atoms in total. The Balaban J connectivity index is 2.73. The average molecular weight is 403 g/mol. The van der Waals surface area contributed by atoms with Crippen molar-refractivity contribution < 1.29 is 29.3 Å². The van der Waals surface area contributed by atoms with Crippen LogP contribution in [0.2, 0.25) is 0 Å². The van der Waals surface area contributed by atoms with Gasteiger partial charge < -0.3 is 24.6 Å². The molecule has 1 amide bonds. The maximum atomic E-state index is 13.6. The van der Waals surface area contributed by atoms with Crippen LogP contribution < -0.4 is 9.47 Å². The molecule has 0 spiro atoms. The van der Waals surface area contributed by atoms with Gasteiger partial charge in [0.1, 0.15) is 11.5 Å². The Labute approximate surface area is 170 Å². The van der Waals surface area contributed by atoms with Gasteiger partial charge in [0.25, 0.3) is 5.91 Å². The third-order valence-corrected chi connectivity index (χ3v) is 4.66. The van der Waals surface area contributed by atoms with E-state index >= 15 is 0 Å². The number of aliphatic hydroxyl groups excluding tert-OH is 2. The fourth-order valence-electron chi connectivity index (χ4n) is 3.35. The molecule has 0 aliphatic heterocycles. The van der Waals surface area contributed by atoms with Crippen molar-refractivity contribution in [1.82, 2.24) is 4.90 Å². The Kier molecular flexibility index (Phi) is 7.21. The molecule has 0 aromatic heterocycles. The molecule has 0 aliphatic carbocycles. The standard InChI is InChI=1S/C22H29NO6/c1-12(2)23(13(3)4)21(26)19-17(29-22(27)20(25)14(5)24)11-10-15-8-7-9-16(28-6)18(15)19/h7-14,20,24-25H,1-6H3. The number of nitrogens with zero attached hydrogens (tertiary/aromatic N) is 1. The lowest BCUT2D eigenvalue weighted by molar-refractivity contribution is -0.149. The molecular weight excluding hydrogens is 374 g/mol. The average Bonchev–Trinajstić information content (AvgIpc) is 2.65. The second-order valence-corrected chi connectivity index (χ2v) is 7.50. The number of esters is 1. The van der Waals surface area contributed by atoms with Crippen molar-refractivity contribution in [3.8, 4) is 11.5 Å². The zero-order valence-electron chi connectivity index (χ0n) is 17.7. The second-order valence-electron chi connectivity index (χ2n) is 7.50. The summed E-state index contributed by atoms with van der Waals surface area (Å²) in [6.45, 7) is 8.90. The summed E-state index contributed by atoms with van der Waals surface area (Å²) in [5.74, 6) is -0.890. The van der Waals surface area contributed by atoms with Gasteiger partial charge in [-0.15, -0.1) is 0 Å². The van der Waals surface area contributed by atoms with Crippen LogP contribution in [0.4, 0.5) is 0 Å². The van der Waals surface area contributed by atoms with Gasteiger partial charge in [0.05, 0.1) is 18.8 Å². The molecule has 7 heteroatoms. The minimum absolute atomic E-state index is 0.00278. The maximum Gasteiger partial charge on any atom is 0.343 e. The Bertz CT molecular complexity index is 882. The van der Waals surface area contributed by atoms with Crippen LogP contribution in [0.25, 0.3) is 10.8 Å². The lowest BCUT2D eigenvalue weighted by atomic mass is 10.00. The van der Waals surface area contributed by atoms with Gasteiger partial charge in [0, 0.05) is 17.5 Å².